The lowest BCUT2D eigenvalue weighted by Crippen LogP contribution is -2.58. The number of carboxylic acids is 1. The average molecular weight is 460 g/mol. The van der Waals surface area contributed by atoms with Crippen LogP contribution in [0.25, 0.3) is 0 Å². The molecule has 9 N–H and O–H groups in total. The second-order valence-electron chi connectivity index (χ2n) is 8.59. The second-order valence-corrected chi connectivity index (χ2v) is 8.59. The van der Waals surface area contributed by atoms with Crippen molar-refractivity contribution in [1.82, 2.24) is 16.0 Å². The van der Waals surface area contributed by atoms with Crippen LogP contribution in [0.1, 0.15) is 53.9 Å². The Bertz CT molecular complexity index is 681. The fourth-order valence-corrected chi connectivity index (χ4v) is 2.79. The van der Waals surface area contributed by atoms with Crippen molar-refractivity contribution >= 4 is 29.6 Å². The van der Waals surface area contributed by atoms with E-state index in [-0.39, 0.29) is 25.2 Å². The van der Waals surface area contributed by atoms with Crippen molar-refractivity contribution in [3.8, 4) is 0 Å². The molecule has 12 heteroatoms. The van der Waals surface area contributed by atoms with E-state index in [0.717, 1.165) is 0 Å². The minimum absolute atomic E-state index is 0.0240. The van der Waals surface area contributed by atoms with E-state index in [1.807, 2.05) is 13.8 Å². The fraction of sp³-hybridized carbons (Fsp3) is 0.750. The van der Waals surface area contributed by atoms with Gasteiger partial charge in [-0.2, -0.15) is 0 Å². The van der Waals surface area contributed by atoms with Gasteiger partial charge in [0.2, 0.25) is 23.6 Å². The molecule has 0 aromatic heterocycles. The molecule has 0 rings (SSSR count). The highest BCUT2D eigenvalue weighted by Crippen LogP contribution is 2.09. The highest BCUT2D eigenvalue weighted by molar-refractivity contribution is 5.94. The van der Waals surface area contributed by atoms with Gasteiger partial charge in [-0.05, 0) is 31.6 Å². The molecule has 0 saturated heterocycles. The molecule has 0 bridgehead atoms. The molecule has 32 heavy (non-hydrogen) atoms. The first kappa shape index (κ1) is 29.3. The van der Waals surface area contributed by atoms with Crippen LogP contribution < -0.4 is 27.4 Å². The van der Waals surface area contributed by atoms with Crippen LogP contribution in [0.4, 0.5) is 0 Å². The molecule has 0 aliphatic rings. The number of carboxylic acid groups (broad SMARTS) is 1. The van der Waals surface area contributed by atoms with E-state index < -0.39 is 65.8 Å². The van der Waals surface area contributed by atoms with Crippen LogP contribution in [0, 0.1) is 11.8 Å². The monoisotopic (exact) mass is 459 g/mol. The normalized spacial score (nSPS) is 15.9. The van der Waals surface area contributed by atoms with Crippen molar-refractivity contribution in [2.24, 2.45) is 23.3 Å². The van der Waals surface area contributed by atoms with Gasteiger partial charge in [-0.3, -0.25) is 19.2 Å². The zero-order valence-electron chi connectivity index (χ0n) is 19.3. The SMILES string of the molecule is CC(C)CC(NC(=O)C(N)C(C)O)C(=O)NC(CCC(N)=O)C(=O)NC(C(=O)O)C(C)C. The van der Waals surface area contributed by atoms with E-state index >= 15 is 0 Å². The van der Waals surface area contributed by atoms with E-state index in [1.165, 1.54) is 6.92 Å². The third-order valence-electron chi connectivity index (χ3n) is 4.71. The van der Waals surface area contributed by atoms with Crippen molar-refractivity contribution in [1.29, 1.82) is 0 Å². The highest BCUT2D eigenvalue weighted by atomic mass is 16.4. The number of amides is 4. The Morgan fingerprint density at radius 2 is 1.34 bits per heavy atom. The van der Waals surface area contributed by atoms with Gasteiger partial charge in [0.05, 0.1) is 6.10 Å². The van der Waals surface area contributed by atoms with Gasteiger partial charge in [0, 0.05) is 6.42 Å². The van der Waals surface area contributed by atoms with Gasteiger partial charge in [0.1, 0.15) is 24.2 Å². The van der Waals surface area contributed by atoms with Crippen molar-refractivity contribution in [3.63, 3.8) is 0 Å². The lowest BCUT2D eigenvalue weighted by molar-refractivity contribution is -0.143. The molecule has 0 heterocycles. The van der Waals surface area contributed by atoms with Crippen LogP contribution in [0.15, 0.2) is 0 Å². The lowest BCUT2D eigenvalue weighted by atomic mass is 10.0. The van der Waals surface area contributed by atoms with Crippen LogP contribution >= 0.6 is 0 Å². The summed E-state index contributed by atoms with van der Waals surface area (Å²) in [6, 6.07) is -4.79. The van der Waals surface area contributed by atoms with E-state index in [0.29, 0.717) is 0 Å². The molecular weight excluding hydrogens is 422 g/mol. The van der Waals surface area contributed by atoms with E-state index in [9.17, 15) is 34.2 Å². The maximum absolute atomic E-state index is 12.9. The van der Waals surface area contributed by atoms with Crippen LogP contribution in [0.5, 0.6) is 0 Å². The molecule has 0 aliphatic carbocycles. The number of aliphatic hydroxyl groups excluding tert-OH is 1. The van der Waals surface area contributed by atoms with Gasteiger partial charge in [-0.25, -0.2) is 4.79 Å². The Morgan fingerprint density at radius 1 is 0.844 bits per heavy atom. The summed E-state index contributed by atoms with van der Waals surface area (Å²) in [5, 5.41) is 26.1. The number of primary amides is 1. The molecule has 0 spiro atoms. The van der Waals surface area contributed by atoms with Crippen LogP contribution in [-0.4, -0.2) is 70.1 Å². The summed E-state index contributed by atoms with van der Waals surface area (Å²) in [5.74, 6) is -4.66. The van der Waals surface area contributed by atoms with Gasteiger partial charge in [-0.15, -0.1) is 0 Å². The minimum atomic E-state index is -1.26. The number of hydrogen-bond donors (Lipinski definition) is 7. The summed E-state index contributed by atoms with van der Waals surface area (Å²) in [6.45, 7) is 8.18. The predicted octanol–water partition coefficient (Wildman–Crippen LogP) is -1.80. The number of nitrogens with two attached hydrogens (primary N) is 2. The first-order valence-corrected chi connectivity index (χ1v) is 10.5. The Hall–Kier alpha value is -2.73. The quantitative estimate of drug-likeness (QED) is 0.157. The number of nitrogens with one attached hydrogen (secondary N) is 3. The summed E-state index contributed by atoms with van der Waals surface area (Å²) >= 11 is 0. The second kappa shape index (κ2) is 13.6. The molecule has 12 nitrogen and oxygen atoms in total. The smallest absolute Gasteiger partial charge is 0.326 e. The number of aliphatic hydroxyl groups is 1. The summed E-state index contributed by atoms with van der Waals surface area (Å²) in [7, 11) is 0. The average Bonchev–Trinajstić information content (AvgIpc) is 2.66. The molecule has 0 aromatic rings. The summed E-state index contributed by atoms with van der Waals surface area (Å²) < 4.78 is 0. The maximum Gasteiger partial charge on any atom is 0.326 e. The first-order valence-electron chi connectivity index (χ1n) is 10.5. The zero-order valence-corrected chi connectivity index (χ0v) is 19.3. The molecule has 5 unspecified atom stereocenters. The molecule has 0 radical (unpaired) electrons. The van der Waals surface area contributed by atoms with E-state index in [2.05, 4.69) is 16.0 Å². The summed E-state index contributed by atoms with van der Waals surface area (Å²) in [4.78, 5) is 60.4. The highest BCUT2D eigenvalue weighted by Gasteiger charge is 2.32. The largest absolute Gasteiger partial charge is 0.480 e. The minimum Gasteiger partial charge on any atom is -0.480 e. The molecular formula is C20H37N5O7. The van der Waals surface area contributed by atoms with Crippen molar-refractivity contribution < 1.29 is 34.2 Å². The Balaban J connectivity index is 5.58. The molecule has 0 saturated carbocycles. The van der Waals surface area contributed by atoms with Crippen molar-refractivity contribution in [3.05, 3.63) is 0 Å². The number of aliphatic carboxylic acids is 1. The summed E-state index contributed by atoms with van der Waals surface area (Å²) in [5.41, 5.74) is 10.8. The van der Waals surface area contributed by atoms with Gasteiger partial charge in [0.15, 0.2) is 0 Å². The standard InChI is InChI=1S/C20H37N5O7/c1-9(2)8-13(24-19(30)15(22)11(5)26)18(29)23-12(6-7-14(21)27)17(28)25-16(10(3)4)20(31)32/h9-13,15-16,26H,6-8,22H2,1-5H3,(H2,21,27)(H,23,29)(H,24,30)(H,25,28)(H,31,32). The molecule has 184 valence electrons. The van der Waals surface area contributed by atoms with E-state index in [4.69, 9.17) is 11.5 Å². The first-order chi connectivity index (χ1) is 14.7. The molecule has 5 atom stereocenters. The predicted molar refractivity (Wildman–Crippen MR) is 116 cm³/mol. The third-order valence-corrected chi connectivity index (χ3v) is 4.71. The Morgan fingerprint density at radius 3 is 1.75 bits per heavy atom. The van der Waals surface area contributed by atoms with Gasteiger partial charge < -0.3 is 37.6 Å². The summed E-state index contributed by atoms with van der Waals surface area (Å²) in [6.07, 6.45) is -1.33. The molecule has 0 aliphatic heterocycles. The molecule has 4 amide bonds. The van der Waals surface area contributed by atoms with Gasteiger partial charge >= 0.3 is 5.97 Å². The lowest BCUT2D eigenvalue weighted by Gasteiger charge is -2.27. The number of rotatable bonds is 14. The van der Waals surface area contributed by atoms with E-state index in [1.54, 1.807) is 13.8 Å². The molecule has 0 fully saturated rings. The number of hydrogen-bond acceptors (Lipinski definition) is 7. The van der Waals surface area contributed by atoms with Crippen LogP contribution in [0.3, 0.4) is 0 Å². The number of carbonyl (C=O) groups excluding carboxylic acids is 4. The molecule has 0 aromatic carbocycles. The fourth-order valence-electron chi connectivity index (χ4n) is 2.79. The third kappa shape index (κ3) is 10.5. The van der Waals surface area contributed by atoms with Crippen molar-refractivity contribution in [2.75, 3.05) is 0 Å². The Kier molecular flexibility index (Phi) is 12.5. The topological polar surface area (TPSA) is 214 Å². The van der Waals surface area contributed by atoms with Crippen molar-refractivity contribution in [2.45, 2.75) is 84.2 Å². The van der Waals surface area contributed by atoms with Crippen LogP contribution in [0.2, 0.25) is 0 Å². The Labute approximate surface area is 187 Å². The van der Waals surface area contributed by atoms with Gasteiger partial charge in [0.25, 0.3) is 0 Å². The van der Waals surface area contributed by atoms with Crippen LogP contribution in [-0.2, 0) is 24.0 Å². The van der Waals surface area contributed by atoms with Gasteiger partial charge in [-0.1, -0.05) is 27.7 Å². The number of carbonyl (C=O) groups is 5. The maximum atomic E-state index is 12.9. The zero-order chi connectivity index (χ0) is 25.2.